The Morgan fingerprint density at radius 2 is 2.00 bits per heavy atom. The van der Waals surface area contributed by atoms with Gasteiger partial charge in [0.25, 0.3) is 0 Å². The van der Waals surface area contributed by atoms with Crippen molar-refractivity contribution in [1.29, 1.82) is 0 Å². The van der Waals surface area contributed by atoms with Crippen molar-refractivity contribution in [3.8, 4) is 5.75 Å². The number of amides is 1. The number of hydrogen-bond donors (Lipinski definition) is 1. The third-order valence-corrected chi connectivity index (χ3v) is 5.47. The number of ether oxygens (including phenoxy) is 1. The first-order valence-corrected chi connectivity index (χ1v) is 8.47. The van der Waals surface area contributed by atoms with Crippen molar-refractivity contribution in [3.05, 3.63) is 29.8 Å². The molecule has 3 heteroatoms. The Bertz CT molecular complexity index is 546. The first kappa shape index (κ1) is 15.4. The summed E-state index contributed by atoms with van der Waals surface area (Å²) in [6.45, 7) is 4.37. The highest BCUT2D eigenvalue weighted by molar-refractivity contribution is 5.83. The van der Waals surface area contributed by atoms with Crippen LogP contribution < -0.4 is 10.1 Å². The summed E-state index contributed by atoms with van der Waals surface area (Å²) in [5.41, 5.74) is 1.15. The molecule has 1 aromatic rings. The van der Waals surface area contributed by atoms with Crippen molar-refractivity contribution < 1.29 is 9.53 Å². The van der Waals surface area contributed by atoms with Crippen LogP contribution in [0.1, 0.15) is 57.4 Å². The van der Waals surface area contributed by atoms with Crippen molar-refractivity contribution in [1.82, 2.24) is 5.32 Å². The van der Waals surface area contributed by atoms with Gasteiger partial charge in [0.1, 0.15) is 5.75 Å². The van der Waals surface area contributed by atoms with Gasteiger partial charge in [-0.05, 0) is 62.6 Å². The molecule has 0 radical (unpaired) electrons. The minimum absolute atomic E-state index is 0.0743. The standard InChI is InChI=1S/C19H27NO2/c1-19(2,14-8-4-5-9-14)20-18(21)17-12-16(17)13-7-6-10-15(11-13)22-3/h6-7,10-11,14,16-17H,4-5,8-9,12H2,1-3H3,(H,20,21)/t16-,17-/m0/s1. The number of hydrogen-bond acceptors (Lipinski definition) is 2. The molecule has 2 atom stereocenters. The Balaban J connectivity index is 1.60. The quantitative estimate of drug-likeness (QED) is 0.896. The summed E-state index contributed by atoms with van der Waals surface area (Å²) >= 11 is 0. The third kappa shape index (κ3) is 3.13. The normalized spacial score (nSPS) is 25.0. The zero-order chi connectivity index (χ0) is 15.7. The number of benzene rings is 1. The van der Waals surface area contributed by atoms with E-state index in [-0.39, 0.29) is 17.4 Å². The number of rotatable bonds is 5. The maximum absolute atomic E-state index is 12.6. The monoisotopic (exact) mass is 301 g/mol. The fourth-order valence-corrected chi connectivity index (χ4v) is 3.89. The molecular weight excluding hydrogens is 274 g/mol. The fraction of sp³-hybridized carbons (Fsp3) is 0.632. The molecule has 0 bridgehead atoms. The molecular formula is C19H27NO2. The summed E-state index contributed by atoms with van der Waals surface area (Å²) in [6.07, 6.45) is 6.06. The molecule has 1 amide bonds. The van der Waals surface area contributed by atoms with Crippen LogP contribution in [-0.4, -0.2) is 18.6 Å². The minimum atomic E-state index is -0.0743. The van der Waals surface area contributed by atoms with Crippen LogP contribution in [0.15, 0.2) is 24.3 Å². The molecule has 1 N–H and O–H groups in total. The molecule has 120 valence electrons. The lowest BCUT2D eigenvalue weighted by Gasteiger charge is -2.33. The molecule has 2 saturated carbocycles. The second-order valence-electron chi connectivity index (χ2n) is 7.42. The van der Waals surface area contributed by atoms with Crippen LogP contribution in [-0.2, 0) is 4.79 Å². The molecule has 2 aliphatic rings. The highest BCUT2D eigenvalue weighted by Crippen LogP contribution is 2.48. The Morgan fingerprint density at radius 3 is 2.68 bits per heavy atom. The van der Waals surface area contributed by atoms with E-state index in [0.29, 0.717) is 11.8 Å². The van der Waals surface area contributed by atoms with Gasteiger partial charge in [0, 0.05) is 11.5 Å². The van der Waals surface area contributed by atoms with E-state index in [1.165, 1.54) is 31.2 Å². The number of carbonyl (C=O) groups excluding carboxylic acids is 1. The zero-order valence-corrected chi connectivity index (χ0v) is 13.9. The van der Waals surface area contributed by atoms with E-state index in [9.17, 15) is 4.79 Å². The predicted octanol–water partition coefficient (Wildman–Crippen LogP) is 3.88. The SMILES string of the molecule is COc1cccc([C@@H]2C[C@@H]2C(=O)NC(C)(C)C2CCCC2)c1. The Labute approximate surface area is 133 Å². The van der Waals surface area contributed by atoms with E-state index in [4.69, 9.17) is 4.74 Å². The van der Waals surface area contributed by atoms with Gasteiger partial charge in [-0.3, -0.25) is 4.79 Å². The van der Waals surface area contributed by atoms with Gasteiger partial charge in [0.15, 0.2) is 0 Å². The van der Waals surface area contributed by atoms with Gasteiger partial charge in [-0.1, -0.05) is 25.0 Å². The van der Waals surface area contributed by atoms with Gasteiger partial charge in [-0.2, -0.15) is 0 Å². The highest BCUT2D eigenvalue weighted by Gasteiger charge is 2.46. The largest absolute Gasteiger partial charge is 0.497 e. The number of carbonyl (C=O) groups is 1. The molecule has 0 aromatic heterocycles. The lowest BCUT2D eigenvalue weighted by Crippen LogP contribution is -2.49. The topological polar surface area (TPSA) is 38.3 Å². The first-order valence-electron chi connectivity index (χ1n) is 8.47. The Kier molecular flexibility index (Phi) is 4.16. The maximum Gasteiger partial charge on any atom is 0.224 e. The molecule has 0 aliphatic heterocycles. The maximum atomic E-state index is 12.6. The van der Waals surface area contributed by atoms with Gasteiger partial charge in [0.2, 0.25) is 5.91 Å². The lowest BCUT2D eigenvalue weighted by atomic mass is 9.86. The smallest absolute Gasteiger partial charge is 0.224 e. The fourth-order valence-electron chi connectivity index (χ4n) is 3.89. The minimum Gasteiger partial charge on any atom is -0.497 e. The second-order valence-corrected chi connectivity index (χ2v) is 7.42. The third-order valence-electron chi connectivity index (χ3n) is 5.47. The first-order chi connectivity index (χ1) is 10.5. The van der Waals surface area contributed by atoms with E-state index in [1.807, 2.05) is 12.1 Å². The number of nitrogens with one attached hydrogen (secondary N) is 1. The molecule has 0 heterocycles. The summed E-state index contributed by atoms with van der Waals surface area (Å²) < 4.78 is 5.28. The molecule has 3 nitrogen and oxygen atoms in total. The molecule has 3 rings (SSSR count). The number of methoxy groups -OCH3 is 1. The van der Waals surface area contributed by atoms with Gasteiger partial charge >= 0.3 is 0 Å². The van der Waals surface area contributed by atoms with Crippen LogP contribution >= 0.6 is 0 Å². The van der Waals surface area contributed by atoms with Crippen molar-refractivity contribution in [2.75, 3.05) is 7.11 Å². The van der Waals surface area contributed by atoms with Crippen molar-refractivity contribution in [3.63, 3.8) is 0 Å². The molecule has 22 heavy (non-hydrogen) atoms. The predicted molar refractivity (Wildman–Crippen MR) is 88.0 cm³/mol. The van der Waals surface area contributed by atoms with Crippen LogP contribution in [0.25, 0.3) is 0 Å². The van der Waals surface area contributed by atoms with Crippen LogP contribution in [0.5, 0.6) is 5.75 Å². The van der Waals surface area contributed by atoms with Crippen molar-refractivity contribution >= 4 is 5.91 Å². The van der Waals surface area contributed by atoms with Crippen molar-refractivity contribution in [2.45, 2.75) is 57.4 Å². The van der Waals surface area contributed by atoms with E-state index >= 15 is 0 Å². The molecule has 2 aliphatic carbocycles. The van der Waals surface area contributed by atoms with E-state index in [1.54, 1.807) is 7.11 Å². The van der Waals surface area contributed by atoms with Gasteiger partial charge in [-0.15, -0.1) is 0 Å². The van der Waals surface area contributed by atoms with E-state index in [2.05, 4.69) is 31.3 Å². The second kappa shape index (κ2) is 5.94. The summed E-state index contributed by atoms with van der Waals surface area (Å²) in [6, 6.07) is 8.11. The highest BCUT2D eigenvalue weighted by atomic mass is 16.5. The molecule has 0 unspecified atom stereocenters. The van der Waals surface area contributed by atoms with Gasteiger partial charge in [0.05, 0.1) is 7.11 Å². The average Bonchev–Trinajstić information content (AvgIpc) is 3.11. The summed E-state index contributed by atoms with van der Waals surface area (Å²) in [7, 11) is 1.68. The lowest BCUT2D eigenvalue weighted by molar-refractivity contribution is -0.124. The van der Waals surface area contributed by atoms with Gasteiger partial charge < -0.3 is 10.1 Å². The summed E-state index contributed by atoms with van der Waals surface area (Å²) in [5.74, 6) is 2.22. The molecule has 0 saturated heterocycles. The molecule has 2 fully saturated rings. The van der Waals surface area contributed by atoms with E-state index in [0.717, 1.165) is 12.2 Å². The van der Waals surface area contributed by atoms with Crippen LogP contribution in [0.2, 0.25) is 0 Å². The van der Waals surface area contributed by atoms with Crippen molar-refractivity contribution in [2.24, 2.45) is 11.8 Å². The zero-order valence-electron chi connectivity index (χ0n) is 13.9. The van der Waals surface area contributed by atoms with Crippen LogP contribution in [0, 0.1) is 11.8 Å². The van der Waals surface area contributed by atoms with E-state index < -0.39 is 0 Å². The average molecular weight is 301 g/mol. The summed E-state index contributed by atoms with van der Waals surface area (Å²) in [5, 5.41) is 3.32. The molecule has 0 spiro atoms. The molecule has 1 aromatic carbocycles. The Morgan fingerprint density at radius 1 is 1.27 bits per heavy atom. The van der Waals surface area contributed by atoms with Gasteiger partial charge in [-0.25, -0.2) is 0 Å². The Hall–Kier alpha value is -1.51. The van der Waals surface area contributed by atoms with Crippen LogP contribution in [0.4, 0.5) is 0 Å². The summed E-state index contributed by atoms with van der Waals surface area (Å²) in [4.78, 5) is 12.6. The van der Waals surface area contributed by atoms with Crippen LogP contribution in [0.3, 0.4) is 0 Å².